The van der Waals surface area contributed by atoms with Gasteiger partial charge in [0.1, 0.15) is 11.1 Å². The molecule has 162 valence electrons. The summed E-state index contributed by atoms with van der Waals surface area (Å²) in [5, 5.41) is 13.0. The molecule has 0 saturated heterocycles. The van der Waals surface area contributed by atoms with Crippen molar-refractivity contribution < 1.29 is 4.79 Å². The number of fused-ring (bicyclic) bond motifs is 1. The predicted octanol–water partition coefficient (Wildman–Crippen LogP) is 5.96. The number of aryl methyl sites for hydroxylation is 3. The second-order valence-electron chi connectivity index (χ2n) is 8.48. The molecule has 1 heterocycles. The van der Waals surface area contributed by atoms with E-state index in [1.54, 1.807) is 0 Å². The molecule has 1 aromatic heterocycles. The maximum Gasteiger partial charge on any atom is 0.237 e. The average Bonchev–Trinajstić information content (AvgIpc) is 2.80. The fourth-order valence-electron chi connectivity index (χ4n) is 4.23. The summed E-state index contributed by atoms with van der Waals surface area (Å²) >= 11 is 1.36. The van der Waals surface area contributed by atoms with Crippen molar-refractivity contribution in [2.45, 2.75) is 56.2 Å². The monoisotopic (exact) mass is 441 g/mol. The maximum atomic E-state index is 12.8. The van der Waals surface area contributed by atoms with Crippen LogP contribution in [0.5, 0.6) is 0 Å². The van der Waals surface area contributed by atoms with Crippen LogP contribution >= 0.6 is 11.8 Å². The van der Waals surface area contributed by atoms with Gasteiger partial charge in [-0.25, -0.2) is 4.98 Å². The van der Waals surface area contributed by atoms with E-state index in [-0.39, 0.29) is 11.2 Å². The van der Waals surface area contributed by atoms with Crippen LogP contribution in [0.3, 0.4) is 0 Å². The van der Waals surface area contributed by atoms with E-state index >= 15 is 0 Å². The Hall–Kier alpha value is -3.10. The van der Waals surface area contributed by atoms with E-state index in [1.807, 2.05) is 45.0 Å². The van der Waals surface area contributed by atoms with Crippen molar-refractivity contribution in [3.63, 3.8) is 0 Å². The van der Waals surface area contributed by atoms with Crippen molar-refractivity contribution in [2.75, 3.05) is 5.32 Å². The lowest BCUT2D eigenvalue weighted by atomic mass is 9.82. The van der Waals surface area contributed by atoms with Gasteiger partial charge in [0, 0.05) is 11.4 Å². The van der Waals surface area contributed by atoms with E-state index in [0.717, 1.165) is 47.3 Å². The zero-order valence-corrected chi connectivity index (χ0v) is 19.5. The number of nitrogens with one attached hydrogen (secondary N) is 1. The molecule has 3 aromatic rings. The molecule has 2 unspecified atom stereocenters. The summed E-state index contributed by atoms with van der Waals surface area (Å²) in [5.74, 6) is 0.368. The van der Waals surface area contributed by atoms with Gasteiger partial charge in [-0.15, -0.1) is 0 Å². The predicted molar refractivity (Wildman–Crippen MR) is 130 cm³/mol. The highest BCUT2D eigenvalue weighted by molar-refractivity contribution is 8.00. The van der Waals surface area contributed by atoms with Crippen LogP contribution in [0.25, 0.3) is 0 Å². The molecule has 2 atom stereocenters. The third-order valence-corrected chi connectivity index (χ3v) is 7.14. The first-order valence-electron chi connectivity index (χ1n) is 11.0. The lowest BCUT2D eigenvalue weighted by molar-refractivity contribution is -0.115. The lowest BCUT2D eigenvalue weighted by Gasteiger charge is -2.25. The Balaban J connectivity index is 1.49. The molecule has 2 aromatic carbocycles. The number of nitriles is 1. The van der Waals surface area contributed by atoms with Crippen LogP contribution in [0, 0.1) is 25.2 Å². The first kappa shape index (κ1) is 22.1. The first-order valence-corrected chi connectivity index (χ1v) is 11.8. The molecule has 4 rings (SSSR count). The molecule has 5 heteroatoms. The van der Waals surface area contributed by atoms with Crippen molar-refractivity contribution in [3.05, 3.63) is 88.1 Å². The number of amides is 1. The summed E-state index contributed by atoms with van der Waals surface area (Å²) in [5.41, 5.74) is 7.11. The third-order valence-electron chi connectivity index (χ3n) is 6.04. The fraction of sp³-hybridized carbons (Fsp3) is 0.296. The summed E-state index contributed by atoms with van der Waals surface area (Å²) in [4.78, 5) is 17.6. The molecule has 1 aliphatic carbocycles. The van der Waals surface area contributed by atoms with Crippen LogP contribution in [0.2, 0.25) is 0 Å². The lowest BCUT2D eigenvalue weighted by Crippen LogP contribution is -2.23. The second-order valence-corrected chi connectivity index (χ2v) is 9.81. The third kappa shape index (κ3) is 4.87. The zero-order chi connectivity index (χ0) is 22.7. The molecule has 0 fully saturated rings. The number of benzene rings is 2. The molecular formula is C27H27N3OS. The van der Waals surface area contributed by atoms with E-state index in [0.29, 0.717) is 16.5 Å². The largest absolute Gasteiger partial charge is 0.325 e. The summed E-state index contributed by atoms with van der Waals surface area (Å²) in [7, 11) is 0. The summed E-state index contributed by atoms with van der Waals surface area (Å²) < 4.78 is 0. The Morgan fingerprint density at radius 2 is 1.97 bits per heavy atom. The van der Waals surface area contributed by atoms with Gasteiger partial charge in [-0.2, -0.15) is 5.26 Å². The van der Waals surface area contributed by atoms with Crippen molar-refractivity contribution in [3.8, 4) is 6.07 Å². The standard InChI is InChI=1S/C27H27N3OS/c1-17-9-11-24(18(2)13-17)29-26(31)19(3)32-27-23(16-28)15-22-14-21(10-12-25(22)30-27)20-7-5-4-6-8-20/h4-9,11,13,15,19,21H,10,12,14H2,1-3H3,(H,29,31). The van der Waals surface area contributed by atoms with Gasteiger partial charge in [0.05, 0.1) is 10.8 Å². The van der Waals surface area contributed by atoms with Crippen LogP contribution in [-0.4, -0.2) is 16.1 Å². The molecule has 0 saturated carbocycles. The van der Waals surface area contributed by atoms with Gasteiger partial charge in [0.15, 0.2) is 0 Å². The highest BCUT2D eigenvalue weighted by Gasteiger charge is 2.25. The highest BCUT2D eigenvalue weighted by atomic mass is 32.2. The molecule has 1 N–H and O–H groups in total. The van der Waals surface area contributed by atoms with E-state index in [9.17, 15) is 10.1 Å². The molecule has 0 radical (unpaired) electrons. The molecule has 1 aliphatic rings. The summed E-state index contributed by atoms with van der Waals surface area (Å²) in [6.45, 7) is 5.88. The highest BCUT2D eigenvalue weighted by Crippen LogP contribution is 2.35. The van der Waals surface area contributed by atoms with Crippen LogP contribution < -0.4 is 5.32 Å². The quantitative estimate of drug-likeness (QED) is 0.496. The molecular weight excluding hydrogens is 414 g/mol. The minimum Gasteiger partial charge on any atom is -0.325 e. The van der Waals surface area contributed by atoms with Crippen molar-refractivity contribution in [2.24, 2.45) is 0 Å². The fourth-order valence-corrected chi connectivity index (χ4v) is 5.13. The first-order chi connectivity index (χ1) is 15.4. The molecule has 1 amide bonds. The number of pyridine rings is 1. The molecule has 4 nitrogen and oxygen atoms in total. The topological polar surface area (TPSA) is 65.8 Å². The Kier molecular flexibility index (Phi) is 6.62. The zero-order valence-electron chi connectivity index (χ0n) is 18.7. The molecule has 0 aliphatic heterocycles. The number of hydrogen-bond acceptors (Lipinski definition) is 4. The van der Waals surface area contributed by atoms with E-state index < -0.39 is 0 Å². The van der Waals surface area contributed by atoms with Gasteiger partial charge in [0.2, 0.25) is 5.91 Å². The maximum absolute atomic E-state index is 12.8. The summed E-state index contributed by atoms with van der Waals surface area (Å²) in [6, 6.07) is 20.8. The van der Waals surface area contributed by atoms with Gasteiger partial charge in [-0.3, -0.25) is 4.79 Å². The Labute approximate surface area is 194 Å². The van der Waals surface area contributed by atoms with E-state index in [1.165, 1.54) is 17.3 Å². The van der Waals surface area contributed by atoms with Crippen LogP contribution in [0.4, 0.5) is 5.69 Å². The van der Waals surface area contributed by atoms with E-state index in [2.05, 4.69) is 41.7 Å². The minimum atomic E-state index is -0.367. The number of hydrogen-bond donors (Lipinski definition) is 1. The van der Waals surface area contributed by atoms with Crippen LogP contribution in [-0.2, 0) is 17.6 Å². The number of carbonyl (C=O) groups is 1. The number of anilines is 1. The summed E-state index contributed by atoms with van der Waals surface area (Å²) in [6.07, 6.45) is 2.83. The Bertz CT molecular complexity index is 1180. The Morgan fingerprint density at radius 3 is 2.69 bits per heavy atom. The van der Waals surface area contributed by atoms with Crippen molar-refractivity contribution >= 4 is 23.4 Å². The van der Waals surface area contributed by atoms with Gasteiger partial charge in [-0.1, -0.05) is 59.8 Å². The average molecular weight is 442 g/mol. The number of aromatic nitrogens is 1. The van der Waals surface area contributed by atoms with Crippen LogP contribution in [0.1, 0.15) is 52.8 Å². The number of rotatable bonds is 5. The van der Waals surface area contributed by atoms with Gasteiger partial charge in [0.25, 0.3) is 0 Å². The van der Waals surface area contributed by atoms with Gasteiger partial charge in [-0.05, 0) is 74.8 Å². The normalized spacial score (nSPS) is 16.0. The van der Waals surface area contributed by atoms with Crippen LogP contribution in [0.15, 0.2) is 59.6 Å². The number of thioether (sulfide) groups is 1. The number of carbonyl (C=O) groups excluding carboxylic acids is 1. The molecule has 0 spiro atoms. The Morgan fingerprint density at radius 1 is 1.19 bits per heavy atom. The van der Waals surface area contributed by atoms with Gasteiger partial charge < -0.3 is 5.32 Å². The molecule has 0 bridgehead atoms. The second kappa shape index (κ2) is 9.58. The number of nitrogens with zero attached hydrogens (tertiary/aromatic N) is 2. The molecule has 32 heavy (non-hydrogen) atoms. The van der Waals surface area contributed by atoms with E-state index in [4.69, 9.17) is 4.98 Å². The minimum absolute atomic E-state index is 0.0884. The van der Waals surface area contributed by atoms with Gasteiger partial charge >= 0.3 is 0 Å². The van der Waals surface area contributed by atoms with Crippen molar-refractivity contribution in [1.82, 2.24) is 4.98 Å². The smallest absolute Gasteiger partial charge is 0.237 e. The van der Waals surface area contributed by atoms with Crippen molar-refractivity contribution in [1.29, 1.82) is 5.26 Å². The SMILES string of the molecule is Cc1ccc(NC(=O)C(C)Sc2nc3c(cc2C#N)CC(c2ccccc2)CC3)c(C)c1.